The van der Waals surface area contributed by atoms with Crippen molar-refractivity contribution in [2.75, 3.05) is 14.2 Å². The van der Waals surface area contributed by atoms with E-state index in [1.54, 1.807) is 61.8 Å². The second-order valence-electron chi connectivity index (χ2n) is 8.09. The van der Waals surface area contributed by atoms with Gasteiger partial charge in [0.15, 0.2) is 11.5 Å². The number of carbonyl (C=O) groups excluding carboxylic acids is 1. The molecule has 0 atom stereocenters. The first kappa shape index (κ1) is 25.2. The lowest BCUT2D eigenvalue weighted by molar-refractivity contribution is -0.117. The molecule has 0 unspecified atom stereocenters. The summed E-state index contributed by atoms with van der Waals surface area (Å²) in [5.74, 6) is 0.660. The van der Waals surface area contributed by atoms with E-state index < -0.39 is 11.6 Å². The van der Waals surface area contributed by atoms with E-state index in [2.05, 4.69) is 4.98 Å². The highest BCUT2D eigenvalue weighted by molar-refractivity contribution is 7.80. The fraction of sp³-hybridized carbons (Fsp3) is 0.179. The van der Waals surface area contributed by atoms with Gasteiger partial charge in [-0.1, -0.05) is 36.5 Å². The summed E-state index contributed by atoms with van der Waals surface area (Å²) in [6, 6.07) is 15.7. The Morgan fingerprint density at radius 1 is 0.861 bits per heavy atom. The Kier molecular flexibility index (Phi) is 7.85. The van der Waals surface area contributed by atoms with Crippen molar-refractivity contribution < 1.29 is 27.8 Å². The Morgan fingerprint density at radius 3 is 2.31 bits per heavy atom. The molecule has 184 valence electrons. The monoisotopic (exact) mass is 507 g/mol. The van der Waals surface area contributed by atoms with Crippen LogP contribution in [0.2, 0.25) is 0 Å². The summed E-state index contributed by atoms with van der Waals surface area (Å²) in [4.78, 5) is 17.0. The molecule has 4 aromatic rings. The quantitative estimate of drug-likeness (QED) is 0.230. The lowest BCUT2D eigenvalue weighted by Gasteiger charge is -2.13. The van der Waals surface area contributed by atoms with Crippen molar-refractivity contribution in [2.45, 2.75) is 19.3 Å². The van der Waals surface area contributed by atoms with Crippen LogP contribution in [0.3, 0.4) is 0 Å². The molecule has 3 aromatic carbocycles. The Bertz CT molecular complexity index is 1440. The van der Waals surface area contributed by atoms with E-state index in [0.717, 1.165) is 0 Å². The molecule has 0 bridgehead atoms. The van der Waals surface area contributed by atoms with Crippen LogP contribution >= 0.6 is 12.2 Å². The van der Waals surface area contributed by atoms with E-state index in [-0.39, 0.29) is 25.0 Å². The van der Waals surface area contributed by atoms with Gasteiger partial charge >= 0.3 is 0 Å². The molecule has 0 amide bonds. The van der Waals surface area contributed by atoms with Crippen molar-refractivity contribution in [3.8, 4) is 23.0 Å². The summed E-state index contributed by atoms with van der Waals surface area (Å²) in [6.07, 6.45) is 1.61. The molecule has 0 N–H and O–H groups in total. The number of benzene rings is 3. The molecule has 5 nitrogen and oxygen atoms in total. The van der Waals surface area contributed by atoms with Gasteiger partial charge in [0, 0.05) is 47.8 Å². The summed E-state index contributed by atoms with van der Waals surface area (Å²) in [7, 11) is 3.08. The third-order valence-corrected chi connectivity index (χ3v) is 5.88. The molecule has 0 aliphatic rings. The minimum absolute atomic E-state index is 0.0321. The molecule has 0 aliphatic heterocycles. The van der Waals surface area contributed by atoms with Crippen LogP contribution in [0, 0.1) is 11.6 Å². The first-order valence-corrected chi connectivity index (χ1v) is 11.5. The molecule has 36 heavy (non-hydrogen) atoms. The van der Waals surface area contributed by atoms with E-state index in [9.17, 15) is 13.6 Å². The maximum Gasteiger partial charge on any atom is 0.162 e. The molecule has 0 radical (unpaired) electrons. The van der Waals surface area contributed by atoms with E-state index in [4.69, 9.17) is 26.4 Å². The second-order valence-corrected chi connectivity index (χ2v) is 8.67. The predicted octanol–water partition coefficient (Wildman–Crippen LogP) is 6.44. The van der Waals surface area contributed by atoms with Gasteiger partial charge in [-0.25, -0.2) is 8.78 Å². The van der Waals surface area contributed by atoms with Gasteiger partial charge in [-0.15, -0.1) is 0 Å². The molecule has 8 heteroatoms. The second kappa shape index (κ2) is 11.2. The van der Waals surface area contributed by atoms with Gasteiger partial charge in [0.1, 0.15) is 28.9 Å². The van der Waals surface area contributed by atoms with Crippen LogP contribution in [0.25, 0.3) is 10.9 Å². The lowest BCUT2D eigenvalue weighted by Crippen LogP contribution is -2.12. The molecule has 0 saturated heterocycles. The van der Waals surface area contributed by atoms with Gasteiger partial charge in [0.25, 0.3) is 0 Å². The summed E-state index contributed by atoms with van der Waals surface area (Å²) >= 11 is 5.31. The van der Waals surface area contributed by atoms with Crippen LogP contribution in [0.5, 0.6) is 23.0 Å². The molecule has 0 saturated carbocycles. The number of hydrogen-bond donors (Lipinski definition) is 0. The Balaban J connectivity index is 1.45. The Labute approximate surface area is 212 Å². The largest absolute Gasteiger partial charge is 0.493 e. The van der Waals surface area contributed by atoms with Crippen LogP contribution in [-0.2, 0) is 17.6 Å². The van der Waals surface area contributed by atoms with E-state index in [0.29, 0.717) is 49.9 Å². The van der Waals surface area contributed by atoms with Crippen LogP contribution in [-0.4, -0.2) is 29.9 Å². The number of Topliss-reactive ketones (excluding diaryl/α,β-unsaturated/α-hetero) is 1. The number of nitrogens with zero attached hydrogens (tertiary/aromatic N) is 1. The highest BCUT2D eigenvalue weighted by Crippen LogP contribution is 2.37. The van der Waals surface area contributed by atoms with E-state index in [1.807, 2.05) is 0 Å². The highest BCUT2D eigenvalue weighted by Gasteiger charge is 2.15. The predicted molar refractivity (Wildman–Crippen MR) is 137 cm³/mol. The number of rotatable bonds is 10. The third kappa shape index (κ3) is 5.83. The maximum absolute atomic E-state index is 14.9. The third-order valence-electron chi connectivity index (χ3n) is 5.59. The number of hydrogen-bond acceptors (Lipinski definition) is 6. The SMILES string of the molecule is COc1cc2nccc(Oc3ccc(CC(=S)CC(=O)Cc4ccccc4F)c(F)c3)c2cc1OC. The molecule has 1 heterocycles. The first-order chi connectivity index (χ1) is 17.4. The summed E-state index contributed by atoms with van der Waals surface area (Å²) in [5.41, 5.74) is 1.29. The van der Waals surface area contributed by atoms with Gasteiger partial charge in [-0.2, -0.15) is 0 Å². The number of carbonyl (C=O) groups is 1. The molecule has 4 rings (SSSR count). The van der Waals surface area contributed by atoms with Crippen molar-refractivity contribution in [2.24, 2.45) is 0 Å². The highest BCUT2D eigenvalue weighted by atomic mass is 32.1. The minimum atomic E-state index is -0.506. The topological polar surface area (TPSA) is 57.7 Å². The van der Waals surface area contributed by atoms with E-state index >= 15 is 0 Å². The molecule has 0 aliphatic carbocycles. The lowest BCUT2D eigenvalue weighted by atomic mass is 10.0. The molecule has 0 fully saturated rings. The standard InChI is InChI=1S/C28H23F2NO4S/c1-33-27-15-22-25(16-28(27)34-2)31-10-9-26(22)35-20-8-7-18(24(30)14-20)12-21(36)13-19(32)11-17-5-3-4-6-23(17)29/h3-10,14-16H,11-13H2,1-2H3. The first-order valence-electron chi connectivity index (χ1n) is 11.1. The number of methoxy groups -OCH3 is 2. The van der Waals surface area contributed by atoms with Crippen LogP contribution < -0.4 is 14.2 Å². The van der Waals surface area contributed by atoms with Crippen molar-refractivity contribution in [3.63, 3.8) is 0 Å². The Hall–Kier alpha value is -3.91. The Morgan fingerprint density at radius 2 is 1.58 bits per heavy atom. The van der Waals surface area contributed by atoms with Gasteiger partial charge in [0.05, 0.1) is 19.7 Å². The zero-order valence-corrected chi connectivity index (χ0v) is 20.5. The maximum atomic E-state index is 14.9. The average Bonchev–Trinajstić information content (AvgIpc) is 2.86. The van der Waals surface area contributed by atoms with Crippen LogP contribution in [0.1, 0.15) is 17.5 Å². The fourth-order valence-electron chi connectivity index (χ4n) is 3.81. The molecule has 1 aromatic heterocycles. The van der Waals surface area contributed by atoms with Crippen molar-refractivity contribution >= 4 is 33.8 Å². The van der Waals surface area contributed by atoms with Crippen molar-refractivity contribution in [1.82, 2.24) is 4.98 Å². The summed E-state index contributed by atoms with van der Waals surface area (Å²) in [5, 5.41) is 0.675. The van der Waals surface area contributed by atoms with Crippen LogP contribution in [0.15, 0.2) is 66.9 Å². The van der Waals surface area contributed by atoms with Gasteiger partial charge in [-0.05, 0) is 35.4 Å². The van der Waals surface area contributed by atoms with Gasteiger partial charge in [-0.3, -0.25) is 9.78 Å². The number of ether oxygens (including phenoxy) is 3. The molecular formula is C28H23F2NO4S. The average molecular weight is 508 g/mol. The number of ketones is 1. The zero-order chi connectivity index (χ0) is 25.7. The molecular weight excluding hydrogens is 484 g/mol. The summed E-state index contributed by atoms with van der Waals surface area (Å²) in [6.45, 7) is 0. The molecule has 0 spiro atoms. The van der Waals surface area contributed by atoms with Crippen molar-refractivity contribution in [3.05, 3.63) is 89.6 Å². The fourth-order valence-corrected chi connectivity index (χ4v) is 4.13. The number of fused-ring (bicyclic) bond motifs is 1. The number of aromatic nitrogens is 1. The summed E-state index contributed by atoms with van der Waals surface area (Å²) < 4.78 is 45.3. The van der Waals surface area contributed by atoms with Crippen LogP contribution in [0.4, 0.5) is 8.78 Å². The normalized spacial score (nSPS) is 10.8. The van der Waals surface area contributed by atoms with Crippen molar-refractivity contribution in [1.29, 1.82) is 0 Å². The van der Waals surface area contributed by atoms with Gasteiger partial charge < -0.3 is 14.2 Å². The van der Waals surface area contributed by atoms with Gasteiger partial charge in [0.2, 0.25) is 0 Å². The van der Waals surface area contributed by atoms with E-state index in [1.165, 1.54) is 19.2 Å². The number of pyridine rings is 1. The number of halogens is 2. The smallest absolute Gasteiger partial charge is 0.162 e. The number of thiocarbonyl (C=S) groups is 1. The minimum Gasteiger partial charge on any atom is -0.493 e. The zero-order valence-electron chi connectivity index (χ0n) is 19.7.